The molecule has 230 valence electrons. The van der Waals surface area contributed by atoms with Crippen LogP contribution in [0.2, 0.25) is 0 Å². The van der Waals surface area contributed by atoms with E-state index in [1.165, 1.54) is 0 Å². The molecule has 0 bridgehead atoms. The average molecular weight is 601 g/mol. The first kappa shape index (κ1) is 30.1. The molecule has 1 heterocycles. The van der Waals surface area contributed by atoms with Crippen LogP contribution < -0.4 is 10.6 Å². The molecule has 0 radical (unpaired) electrons. The molecule has 0 saturated heterocycles. The van der Waals surface area contributed by atoms with Gasteiger partial charge in [0.1, 0.15) is 6.17 Å². The quantitative estimate of drug-likeness (QED) is 0.173. The number of para-hydroxylation sites is 1. The molecule has 1 unspecified atom stereocenters. The zero-order valence-electron chi connectivity index (χ0n) is 25.9. The maximum atomic E-state index is 14.0. The Morgan fingerprint density at radius 2 is 1.58 bits per heavy atom. The zero-order valence-corrected chi connectivity index (χ0v) is 25.9. The number of likely N-dealkylation sites (N-methyl/N-ethyl adjacent to an activating group) is 1. The summed E-state index contributed by atoms with van der Waals surface area (Å²) >= 11 is 0. The first-order chi connectivity index (χ1) is 21.9. The lowest BCUT2D eigenvalue weighted by atomic mass is 9.83. The first-order valence-electron chi connectivity index (χ1n) is 15.8. The minimum absolute atomic E-state index is 0.0715. The highest BCUT2D eigenvalue weighted by molar-refractivity contribution is 6.07. The van der Waals surface area contributed by atoms with Gasteiger partial charge in [-0.2, -0.15) is 0 Å². The number of carbonyl (C=O) groups excluding carboxylic acids is 3. The second kappa shape index (κ2) is 13.4. The lowest BCUT2D eigenvalue weighted by Gasteiger charge is -2.35. The van der Waals surface area contributed by atoms with Crippen molar-refractivity contribution in [2.24, 2.45) is 5.92 Å². The number of aryl methyl sites for hydroxylation is 1. The van der Waals surface area contributed by atoms with Gasteiger partial charge in [-0.3, -0.25) is 14.4 Å². The number of H-pyrrole nitrogens is 1. The first-order valence-corrected chi connectivity index (χ1v) is 15.8. The third-order valence-corrected chi connectivity index (χ3v) is 9.14. The van der Waals surface area contributed by atoms with Crippen molar-refractivity contribution in [2.45, 2.75) is 57.7 Å². The van der Waals surface area contributed by atoms with Crippen LogP contribution in [0.3, 0.4) is 0 Å². The van der Waals surface area contributed by atoms with Gasteiger partial charge in [-0.05, 0) is 47.7 Å². The summed E-state index contributed by atoms with van der Waals surface area (Å²) in [6.07, 6.45) is 5.14. The maximum absolute atomic E-state index is 14.0. The molecule has 5 aromatic rings. The number of aromatic nitrogens is 1. The molecule has 1 aliphatic rings. The van der Waals surface area contributed by atoms with Gasteiger partial charge in [-0.25, -0.2) is 0 Å². The van der Waals surface area contributed by atoms with E-state index in [2.05, 4.69) is 45.9 Å². The maximum Gasteiger partial charge on any atom is 0.253 e. The van der Waals surface area contributed by atoms with Crippen LogP contribution in [-0.4, -0.2) is 46.9 Å². The van der Waals surface area contributed by atoms with Crippen LogP contribution in [0.1, 0.15) is 52.7 Å². The van der Waals surface area contributed by atoms with Crippen molar-refractivity contribution in [3.05, 3.63) is 119 Å². The number of nitrogens with zero attached hydrogens (tertiary/aromatic N) is 1. The van der Waals surface area contributed by atoms with Gasteiger partial charge in [-0.15, -0.1) is 0 Å². The van der Waals surface area contributed by atoms with Crippen LogP contribution in [0.5, 0.6) is 0 Å². The molecule has 7 nitrogen and oxygen atoms in total. The molecule has 1 aromatic heterocycles. The predicted octanol–water partition coefficient (Wildman–Crippen LogP) is 6.30. The fourth-order valence-corrected chi connectivity index (χ4v) is 6.45. The molecule has 6 rings (SSSR count). The number of rotatable bonds is 9. The second-order valence-electron chi connectivity index (χ2n) is 12.3. The number of hydrogen-bond donors (Lipinski definition) is 3. The molecular weight excluding hydrogens is 560 g/mol. The SMILES string of the molecule is Cc1ccc(CC(=O)N(C)C(Cc2ccc3ccccc3c2)NC(=O)[C@@H]2CCCC[C@@H]2NC(=O)c2c[nH]c3ccccc23)cc1. The summed E-state index contributed by atoms with van der Waals surface area (Å²) in [5.74, 6) is -0.791. The normalized spacial score (nSPS) is 17.1. The molecule has 7 heteroatoms. The van der Waals surface area contributed by atoms with Crippen LogP contribution in [0.4, 0.5) is 0 Å². The molecule has 3 amide bonds. The summed E-state index contributed by atoms with van der Waals surface area (Å²) in [7, 11) is 1.76. The van der Waals surface area contributed by atoms with Crippen LogP contribution >= 0.6 is 0 Å². The van der Waals surface area contributed by atoms with Crippen molar-refractivity contribution in [3.8, 4) is 0 Å². The van der Waals surface area contributed by atoms with Gasteiger partial charge >= 0.3 is 0 Å². The van der Waals surface area contributed by atoms with Gasteiger partial charge in [-0.1, -0.05) is 103 Å². The summed E-state index contributed by atoms with van der Waals surface area (Å²) in [5, 5.41) is 9.52. The largest absolute Gasteiger partial charge is 0.360 e. The predicted molar refractivity (Wildman–Crippen MR) is 179 cm³/mol. The Hall–Kier alpha value is -4.91. The highest BCUT2D eigenvalue weighted by Crippen LogP contribution is 2.27. The number of amides is 3. The Kier molecular flexibility index (Phi) is 8.96. The van der Waals surface area contributed by atoms with Gasteiger partial charge in [0.2, 0.25) is 11.8 Å². The summed E-state index contributed by atoms with van der Waals surface area (Å²) < 4.78 is 0. The van der Waals surface area contributed by atoms with E-state index >= 15 is 0 Å². The van der Waals surface area contributed by atoms with Gasteiger partial charge < -0.3 is 20.5 Å². The van der Waals surface area contributed by atoms with Crippen molar-refractivity contribution < 1.29 is 14.4 Å². The van der Waals surface area contributed by atoms with E-state index in [1.807, 2.05) is 67.6 Å². The molecule has 1 aliphatic carbocycles. The van der Waals surface area contributed by atoms with Crippen LogP contribution in [0.15, 0.2) is 97.2 Å². The fraction of sp³-hybridized carbons (Fsp3) is 0.289. The van der Waals surface area contributed by atoms with E-state index in [1.54, 1.807) is 18.1 Å². The topological polar surface area (TPSA) is 94.3 Å². The zero-order chi connectivity index (χ0) is 31.3. The Labute approximate surface area is 264 Å². The van der Waals surface area contributed by atoms with Crippen LogP contribution in [0.25, 0.3) is 21.7 Å². The third kappa shape index (κ3) is 6.93. The minimum Gasteiger partial charge on any atom is -0.360 e. The number of benzene rings is 4. The average Bonchev–Trinajstić information content (AvgIpc) is 3.50. The molecular formula is C38H40N4O3. The summed E-state index contributed by atoms with van der Waals surface area (Å²) in [6.45, 7) is 2.02. The van der Waals surface area contributed by atoms with Crippen molar-refractivity contribution in [2.75, 3.05) is 7.05 Å². The summed E-state index contributed by atoms with van der Waals surface area (Å²) in [4.78, 5) is 45.8. The number of nitrogens with one attached hydrogen (secondary N) is 3. The van der Waals surface area contributed by atoms with Crippen molar-refractivity contribution in [3.63, 3.8) is 0 Å². The highest BCUT2D eigenvalue weighted by Gasteiger charge is 2.34. The Morgan fingerprint density at radius 1 is 0.867 bits per heavy atom. The molecule has 0 spiro atoms. The van der Waals surface area contributed by atoms with Crippen LogP contribution in [0, 0.1) is 12.8 Å². The van der Waals surface area contributed by atoms with E-state index < -0.39 is 12.1 Å². The van der Waals surface area contributed by atoms with E-state index in [9.17, 15) is 14.4 Å². The Morgan fingerprint density at radius 3 is 2.40 bits per heavy atom. The summed E-state index contributed by atoms with van der Waals surface area (Å²) in [5.41, 5.74) is 4.57. The van der Waals surface area contributed by atoms with Crippen LogP contribution in [-0.2, 0) is 22.4 Å². The fourth-order valence-electron chi connectivity index (χ4n) is 6.45. The molecule has 0 aliphatic heterocycles. The molecule has 1 fully saturated rings. The van der Waals surface area contributed by atoms with E-state index in [0.717, 1.165) is 57.6 Å². The monoisotopic (exact) mass is 600 g/mol. The van der Waals surface area contributed by atoms with Gasteiger partial charge in [0.05, 0.1) is 17.9 Å². The Bertz CT molecular complexity index is 1830. The van der Waals surface area contributed by atoms with Gasteiger partial charge in [0.25, 0.3) is 5.91 Å². The number of carbonyl (C=O) groups is 3. The second-order valence-corrected chi connectivity index (χ2v) is 12.3. The molecule has 1 saturated carbocycles. The molecule has 4 aromatic carbocycles. The lowest BCUT2D eigenvalue weighted by molar-refractivity contribution is -0.135. The van der Waals surface area contributed by atoms with Crippen molar-refractivity contribution in [1.82, 2.24) is 20.5 Å². The number of fused-ring (bicyclic) bond motifs is 2. The summed E-state index contributed by atoms with van der Waals surface area (Å²) in [6, 6.07) is 29.8. The minimum atomic E-state index is -0.552. The number of aromatic amines is 1. The molecule has 3 atom stereocenters. The molecule has 3 N–H and O–H groups in total. The highest BCUT2D eigenvalue weighted by atomic mass is 16.2. The van der Waals surface area contributed by atoms with Gasteiger partial charge in [0.15, 0.2) is 0 Å². The van der Waals surface area contributed by atoms with E-state index in [-0.39, 0.29) is 30.2 Å². The molecule has 45 heavy (non-hydrogen) atoms. The van der Waals surface area contributed by atoms with Gasteiger partial charge in [0, 0.05) is 36.6 Å². The van der Waals surface area contributed by atoms with Crippen molar-refractivity contribution in [1.29, 1.82) is 0 Å². The smallest absolute Gasteiger partial charge is 0.253 e. The van der Waals surface area contributed by atoms with E-state index in [4.69, 9.17) is 0 Å². The van der Waals surface area contributed by atoms with Crippen molar-refractivity contribution >= 4 is 39.4 Å². The van der Waals surface area contributed by atoms with E-state index in [0.29, 0.717) is 18.4 Å². The lowest BCUT2D eigenvalue weighted by Crippen LogP contribution is -2.55. The Balaban J connectivity index is 1.21. The third-order valence-electron chi connectivity index (χ3n) is 9.14. The standard InChI is InChI=1S/C38H40N4O3/c1-25-15-17-26(18-16-25)23-36(43)42(2)35(22-27-19-20-28-9-3-4-10-29(28)21-27)41-37(44)31-12-6-8-14-34(31)40-38(45)32-24-39-33-13-7-5-11-30(32)33/h3-5,7,9-11,13,15-21,24,31,34-35,39H,6,8,12,14,22-23H2,1-2H3,(H,40,45)(H,41,44)/t31-,34+,35?/m1/s1. The number of hydrogen-bond acceptors (Lipinski definition) is 3.